The number of esters is 1. The van der Waals surface area contributed by atoms with Crippen LogP contribution in [0.5, 0.6) is 0 Å². The van der Waals surface area contributed by atoms with Crippen molar-refractivity contribution in [3.8, 4) is 0 Å². The molecule has 0 aromatic rings. The molecule has 5 heteroatoms. The number of rotatable bonds is 17. The predicted octanol–water partition coefficient (Wildman–Crippen LogP) is 5.05. The van der Waals surface area contributed by atoms with E-state index in [1.54, 1.807) is 0 Å². The fraction of sp³-hybridized carbons (Fsp3) is 0.889. The quantitative estimate of drug-likeness (QED) is 0.295. The molecule has 0 fully saturated rings. The Balaban J connectivity index is 3.16. The zero-order valence-corrected chi connectivity index (χ0v) is 15.5. The SMILES string of the molecule is CCCCCCCCCCCCOC(=O)CCSCCC(=O)O. The van der Waals surface area contributed by atoms with E-state index in [0.29, 0.717) is 24.5 Å². The summed E-state index contributed by atoms with van der Waals surface area (Å²) in [6.45, 7) is 2.76. The van der Waals surface area contributed by atoms with E-state index >= 15 is 0 Å². The van der Waals surface area contributed by atoms with Gasteiger partial charge in [-0.25, -0.2) is 0 Å². The third kappa shape index (κ3) is 19.2. The summed E-state index contributed by atoms with van der Waals surface area (Å²) in [4.78, 5) is 21.8. The van der Waals surface area contributed by atoms with Gasteiger partial charge in [0.2, 0.25) is 0 Å². The third-order valence-corrected chi connectivity index (χ3v) is 4.66. The minimum atomic E-state index is -0.791. The number of carbonyl (C=O) groups excluding carboxylic acids is 1. The maximum Gasteiger partial charge on any atom is 0.306 e. The standard InChI is InChI=1S/C18H34O4S/c1-2-3-4-5-6-7-8-9-10-11-14-22-18(21)13-16-23-15-12-17(19)20/h2-16H2,1H3,(H,19,20). The van der Waals surface area contributed by atoms with Crippen molar-refractivity contribution >= 4 is 23.7 Å². The Morgan fingerprint density at radius 2 is 1.35 bits per heavy atom. The van der Waals surface area contributed by atoms with Gasteiger partial charge in [0.05, 0.1) is 19.4 Å². The van der Waals surface area contributed by atoms with Crippen molar-refractivity contribution in [2.75, 3.05) is 18.1 Å². The van der Waals surface area contributed by atoms with E-state index in [1.165, 1.54) is 63.1 Å². The fourth-order valence-electron chi connectivity index (χ4n) is 2.26. The van der Waals surface area contributed by atoms with Crippen LogP contribution in [0.25, 0.3) is 0 Å². The van der Waals surface area contributed by atoms with Gasteiger partial charge in [-0.2, -0.15) is 11.8 Å². The Labute approximate surface area is 145 Å². The van der Waals surface area contributed by atoms with Crippen LogP contribution in [0.15, 0.2) is 0 Å². The number of hydrogen-bond donors (Lipinski definition) is 1. The largest absolute Gasteiger partial charge is 0.481 e. The lowest BCUT2D eigenvalue weighted by Gasteiger charge is -2.05. The zero-order valence-electron chi connectivity index (χ0n) is 14.7. The van der Waals surface area contributed by atoms with Crippen molar-refractivity contribution in [2.24, 2.45) is 0 Å². The summed E-state index contributed by atoms with van der Waals surface area (Å²) in [7, 11) is 0. The first-order chi connectivity index (χ1) is 11.2. The molecule has 0 aromatic heterocycles. The molecule has 0 atom stereocenters. The molecule has 0 unspecified atom stereocenters. The first-order valence-corrected chi connectivity index (χ1v) is 10.3. The number of unbranched alkanes of at least 4 members (excludes halogenated alkanes) is 9. The zero-order chi connectivity index (χ0) is 17.2. The normalized spacial score (nSPS) is 10.7. The predicted molar refractivity (Wildman–Crippen MR) is 97.0 cm³/mol. The average Bonchev–Trinajstić information content (AvgIpc) is 2.52. The molecule has 136 valence electrons. The molecule has 0 saturated carbocycles. The molecule has 4 nitrogen and oxygen atoms in total. The Morgan fingerprint density at radius 1 is 0.826 bits per heavy atom. The van der Waals surface area contributed by atoms with Gasteiger partial charge in [-0.1, -0.05) is 64.7 Å². The molecule has 0 amide bonds. The Morgan fingerprint density at radius 3 is 1.91 bits per heavy atom. The number of aliphatic carboxylic acids is 1. The van der Waals surface area contributed by atoms with Crippen LogP contribution in [0, 0.1) is 0 Å². The maximum absolute atomic E-state index is 11.4. The molecule has 0 bridgehead atoms. The van der Waals surface area contributed by atoms with E-state index < -0.39 is 5.97 Å². The fourth-order valence-corrected chi connectivity index (χ4v) is 3.10. The highest BCUT2D eigenvalue weighted by Gasteiger charge is 2.03. The number of hydrogen-bond acceptors (Lipinski definition) is 4. The summed E-state index contributed by atoms with van der Waals surface area (Å²) < 4.78 is 5.17. The van der Waals surface area contributed by atoms with E-state index in [-0.39, 0.29) is 12.4 Å². The molecule has 0 aliphatic heterocycles. The van der Waals surface area contributed by atoms with Gasteiger partial charge in [0.1, 0.15) is 0 Å². The van der Waals surface area contributed by atoms with Crippen LogP contribution in [-0.2, 0) is 14.3 Å². The summed E-state index contributed by atoms with van der Waals surface area (Å²) in [5.74, 6) is 0.246. The van der Waals surface area contributed by atoms with Gasteiger partial charge in [-0.15, -0.1) is 0 Å². The molecule has 0 aromatic carbocycles. The van der Waals surface area contributed by atoms with Crippen LogP contribution >= 0.6 is 11.8 Å². The number of carbonyl (C=O) groups is 2. The van der Waals surface area contributed by atoms with Crippen LogP contribution in [0.3, 0.4) is 0 Å². The summed E-state index contributed by atoms with van der Waals surface area (Å²) >= 11 is 1.49. The molecule has 0 radical (unpaired) electrons. The lowest BCUT2D eigenvalue weighted by atomic mass is 10.1. The molecular formula is C18H34O4S. The third-order valence-electron chi connectivity index (χ3n) is 3.67. The van der Waals surface area contributed by atoms with Crippen molar-refractivity contribution in [3.63, 3.8) is 0 Å². The Hall–Kier alpha value is -0.710. The second-order valence-corrected chi connectivity index (χ2v) is 7.13. The van der Waals surface area contributed by atoms with Crippen LogP contribution in [0.2, 0.25) is 0 Å². The number of ether oxygens (including phenoxy) is 1. The minimum absolute atomic E-state index is 0.151. The monoisotopic (exact) mass is 346 g/mol. The highest BCUT2D eigenvalue weighted by molar-refractivity contribution is 7.99. The van der Waals surface area contributed by atoms with E-state index in [1.807, 2.05) is 0 Å². The van der Waals surface area contributed by atoms with Crippen molar-refractivity contribution in [3.05, 3.63) is 0 Å². The smallest absolute Gasteiger partial charge is 0.306 e. The van der Waals surface area contributed by atoms with Gasteiger partial charge in [0.25, 0.3) is 0 Å². The highest BCUT2D eigenvalue weighted by atomic mass is 32.2. The van der Waals surface area contributed by atoms with Crippen molar-refractivity contribution in [1.29, 1.82) is 0 Å². The van der Waals surface area contributed by atoms with Gasteiger partial charge >= 0.3 is 11.9 Å². The second kappa shape index (κ2) is 17.6. The summed E-state index contributed by atoms with van der Waals surface area (Å²) in [5, 5.41) is 8.49. The average molecular weight is 347 g/mol. The van der Waals surface area contributed by atoms with Gasteiger partial charge in [-0.3, -0.25) is 9.59 Å². The van der Waals surface area contributed by atoms with Crippen molar-refractivity contribution in [2.45, 2.75) is 84.0 Å². The van der Waals surface area contributed by atoms with E-state index in [9.17, 15) is 9.59 Å². The van der Waals surface area contributed by atoms with Crippen LogP contribution < -0.4 is 0 Å². The minimum Gasteiger partial charge on any atom is -0.481 e. The van der Waals surface area contributed by atoms with Crippen LogP contribution in [-0.4, -0.2) is 35.2 Å². The molecule has 0 spiro atoms. The second-order valence-electron chi connectivity index (χ2n) is 5.91. The van der Waals surface area contributed by atoms with Gasteiger partial charge in [0.15, 0.2) is 0 Å². The van der Waals surface area contributed by atoms with Crippen LogP contribution in [0.4, 0.5) is 0 Å². The van der Waals surface area contributed by atoms with E-state index in [4.69, 9.17) is 9.84 Å². The van der Waals surface area contributed by atoms with Gasteiger partial charge in [-0.05, 0) is 6.42 Å². The topological polar surface area (TPSA) is 63.6 Å². The Kier molecular flexibility index (Phi) is 17.1. The number of thioether (sulfide) groups is 1. The first kappa shape index (κ1) is 22.3. The number of carboxylic acid groups (broad SMARTS) is 1. The molecule has 1 N–H and O–H groups in total. The van der Waals surface area contributed by atoms with E-state index in [2.05, 4.69) is 6.92 Å². The molecular weight excluding hydrogens is 312 g/mol. The molecule has 0 aliphatic carbocycles. The van der Waals surface area contributed by atoms with Crippen LogP contribution in [0.1, 0.15) is 84.0 Å². The first-order valence-electron chi connectivity index (χ1n) is 9.12. The lowest BCUT2D eigenvalue weighted by molar-refractivity contribution is -0.143. The summed E-state index contributed by atoms with van der Waals surface area (Å²) in [6.07, 6.45) is 13.2. The number of carboxylic acids is 1. The Bertz CT molecular complexity index is 295. The maximum atomic E-state index is 11.4. The molecule has 0 saturated heterocycles. The highest BCUT2D eigenvalue weighted by Crippen LogP contribution is 2.11. The van der Waals surface area contributed by atoms with Crippen molar-refractivity contribution in [1.82, 2.24) is 0 Å². The molecule has 0 aliphatic rings. The van der Waals surface area contributed by atoms with Crippen molar-refractivity contribution < 1.29 is 19.4 Å². The summed E-state index contributed by atoms with van der Waals surface area (Å²) in [6, 6.07) is 0. The lowest BCUT2D eigenvalue weighted by Crippen LogP contribution is -2.07. The summed E-state index contributed by atoms with van der Waals surface area (Å²) in [5.41, 5.74) is 0. The van der Waals surface area contributed by atoms with E-state index in [0.717, 1.165) is 12.8 Å². The van der Waals surface area contributed by atoms with Gasteiger partial charge < -0.3 is 9.84 Å². The molecule has 23 heavy (non-hydrogen) atoms. The van der Waals surface area contributed by atoms with Gasteiger partial charge in [0, 0.05) is 11.5 Å². The molecule has 0 heterocycles. The molecule has 0 rings (SSSR count).